The van der Waals surface area contributed by atoms with E-state index in [1.54, 1.807) is 24.4 Å². The molecule has 1 saturated carbocycles. The van der Waals surface area contributed by atoms with Crippen molar-refractivity contribution in [3.05, 3.63) is 94.8 Å². The Hall–Kier alpha value is -3.19. The van der Waals surface area contributed by atoms with Crippen molar-refractivity contribution < 1.29 is 23.1 Å². The first kappa shape index (κ1) is 26.4. The van der Waals surface area contributed by atoms with E-state index in [4.69, 9.17) is 0 Å². The minimum absolute atomic E-state index is 0.210. The fourth-order valence-corrected chi connectivity index (χ4v) is 6.88. The van der Waals surface area contributed by atoms with Gasteiger partial charge >= 0.3 is 6.18 Å². The lowest BCUT2D eigenvalue weighted by molar-refractivity contribution is -0.287. The van der Waals surface area contributed by atoms with Gasteiger partial charge in [-0.3, -0.25) is 9.78 Å². The number of amides is 1. The number of fused-ring (bicyclic) bond motifs is 3. The first-order chi connectivity index (χ1) is 18.0. The quantitative estimate of drug-likeness (QED) is 0.390. The van der Waals surface area contributed by atoms with Crippen molar-refractivity contribution in [2.75, 3.05) is 5.32 Å². The fraction of sp³-hybridized carbons (Fsp3) is 0.419. The largest absolute Gasteiger partial charge is 0.417 e. The molecule has 0 saturated heterocycles. The molecule has 2 aliphatic carbocycles. The molecule has 1 heterocycles. The van der Waals surface area contributed by atoms with Gasteiger partial charge in [-0.25, -0.2) is 0 Å². The molecule has 0 bridgehead atoms. The number of hydrogen-bond donors (Lipinski definition) is 2. The van der Waals surface area contributed by atoms with E-state index in [9.17, 15) is 23.1 Å². The van der Waals surface area contributed by atoms with E-state index in [0.29, 0.717) is 42.6 Å². The summed E-state index contributed by atoms with van der Waals surface area (Å²) in [6.07, 6.45) is -1.01. The molecular formula is C31H33F3N2O2. The SMILES string of the molecule is Cc1ncccc1NC(=O)c1ccc2c(c1)CCC[C@]1(C)C[C@@](O)(C(F)(F)F)CC[C@@]21Cc1ccccc1. The molecule has 3 aromatic rings. The second-order valence-corrected chi connectivity index (χ2v) is 11.3. The van der Waals surface area contributed by atoms with Crippen LogP contribution in [0.2, 0.25) is 0 Å². The smallest absolute Gasteiger partial charge is 0.380 e. The number of nitrogens with zero attached hydrogens (tertiary/aromatic N) is 1. The Morgan fingerprint density at radius 1 is 1.05 bits per heavy atom. The van der Waals surface area contributed by atoms with Gasteiger partial charge in [0.2, 0.25) is 0 Å². The summed E-state index contributed by atoms with van der Waals surface area (Å²) in [5, 5.41) is 13.8. The maximum Gasteiger partial charge on any atom is 0.417 e. The number of aliphatic hydroxyl groups is 1. The Bertz CT molecular complexity index is 1340. The maximum atomic E-state index is 14.1. The lowest BCUT2D eigenvalue weighted by Crippen LogP contribution is -2.60. The van der Waals surface area contributed by atoms with Gasteiger partial charge in [-0.05, 0) is 98.2 Å². The van der Waals surface area contributed by atoms with Gasteiger partial charge in [-0.1, -0.05) is 43.3 Å². The topological polar surface area (TPSA) is 62.2 Å². The van der Waals surface area contributed by atoms with Crippen molar-refractivity contribution >= 4 is 11.6 Å². The standard InChI is InChI=1S/C31H33F3N2O2/c1-21-26(11-7-17-35-21)36-27(37)24-12-13-25-23(18-24)10-6-14-28(2)20-30(38,31(32,33)34)16-15-29(25,28)19-22-8-4-3-5-9-22/h3-5,7-9,11-13,17-18,38H,6,10,14-16,19-20H2,1-2H3,(H,36,37)/t28-,29-,30-/m1/s1. The van der Waals surface area contributed by atoms with Crippen LogP contribution in [-0.4, -0.2) is 27.8 Å². The minimum atomic E-state index is -4.68. The number of aryl methyl sites for hydroxylation is 2. The second-order valence-electron chi connectivity index (χ2n) is 11.3. The summed E-state index contributed by atoms with van der Waals surface area (Å²) < 4.78 is 42.2. The second kappa shape index (κ2) is 9.53. The summed E-state index contributed by atoms with van der Waals surface area (Å²) in [6.45, 7) is 3.75. The van der Waals surface area contributed by atoms with Crippen LogP contribution in [0.3, 0.4) is 0 Å². The number of anilines is 1. The van der Waals surface area contributed by atoms with Crippen molar-refractivity contribution in [1.82, 2.24) is 4.98 Å². The van der Waals surface area contributed by atoms with Gasteiger partial charge in [0.1, 0.15) is 0 Å². The molecule has 0 radical (unpaired) electrons. The summed E-state index contributed by atoms with van der Waals surface area (Å²) in [6, 6.07) is 19.1. The zero-order valence-electron chi connectivity index (χ0n) is 21.7. The number of carbonyl (C=O) groups is 1. The van der Waals surface area contributed by atoms with E-state index >= 15 is 0 Å². The van der Waals surface area contributed by atoms with Crippen molar-refractivity contribution in [3.63, 3.8) is 0 Å². The third kappa shape index (κ3) is 4.51. The van der Waals surface area contributed by atoms with Crippen molar-refractivity contribution in [3.8, 4) is 0 Å². The van der Waals surface area contributed by atoms with E-state index in [0.717, 1.165) is 16.7 Å². The number of benzene rings is 2. The van der Waals surface area contributed by atoms with Crippen LogP contribution in [0, 0.1) is 12.3 Å². The zero-order valence-corrected chi connectivity index (χ0v) is 21.7. The van der Waals surface area contributed by atoms with E-state index in [2.05, 4.69) is 10.3 Å². The van der Waals surface area contributed by atoms with Gasteiger partial charge in [-0.2, -0.15) is 13.2 Å². The van der Waals surface area contributed by atoms with Crippen LogP contribution < -0.4 is 5.32 Å². The van der Waals surface area contributed by atoms with Gasteiger partial charge in [0.15, 0.2) is 5.60 Å². The van der Waals surface area contributed by atoms with Crippen LogP contribution in [0.5, 0.6) is 0 Å². The highest BCUT2D eigenvalue weighted by Crippen LogP contribution is 2.62. The minimum Gasteiger partial charge on any atom is -0.380 e. The van der Waals surface area contributed by atoms with Crippen molar-refractivity contribution in [1.29, 1.82) is 0 Å². The summed E-state index contributed by atoms with van der Waals surface area (Å²) in [7, 11) is 0. The molecule has 2 aromatic carbocycles. The van der Waals surface area contributed by atoms with Crippen LogP contribution in [-0.2, 0) is 18.3 Å². The van der Waals surface area contributed by atoms with Gasteiger partial charge in [0.05, 0.1) is 11.4 Å². The molecule has 2 N–H and O–H groups in total. The average molecular weight is 523 g/mol. The number of aromatic nitrogens is 1. The molecule has 1 fully saturated rings. The van der Waals surface area contributed by atoms with E-state index in [-0.39, 0.29) is 25.2 Å². The Kier molecular flexibility index (Phi) is 6.62. The predicted octanol–water partition coefficient (Wildman–Crippen LogP) is 6.94. The van der Waals surface area contributed by atoms with E-state index in [1.807, 2.05) is 56.3 Å². The number of nitrogens with one attached hydrogen (secondary N) is 1. The lowest BCUT2D eigenvalue weighted by atomic mass is 9.48. The van der Waals surface area contributed by atoms with Crippen LogP contribution >= 0.6 is 0 Å². The van der Waals surface area contributed by atoms with Crippen molar-refractivity contribution in [2.24, 2.45) is 5.41 Å². The molecule has 200 valence electrons. The summed E-state index contributed by atoms with van der Waals surface area (Å²) in [5.41, 5.74) is 0.823. The average Bonchev–Trinajstić information content (AvgIpc) is 2.98. The number of carbonyl (C=O) groups excluding carboxylic acids is 1. The Labute approximate surface area is 221 Å². The van der Waals surface area contributed by atoms with E-state index < -0.39 is 22.6 Å². The molecule has 2 aliphatic rings. The van der Waals surface area contributed by atoms with Gasteiger partial charge in [0, 0.05) is 17.2 Å². The Morgan fingerprint density at radius 2 is 1.82 bits per heavy atom. The normalized spacial score (nSPS) is 27.1. The Balaban J connectivity index is 1.58. The van der Waals surface area contributed by atoms with Gasteiger partial charge in [0.25, 0.3) is 5.91 Å². The predicted molar refractivity (Wildman–Crippen MR) is 141 cm³/mol. The summed E-state index contributed by atoms with van der Waals surface area (Å²) in [4.78, 5) is 17.4. The Morgan fingerprint density at radius 3 is 2.53 bits per heavy atom. The highest BCUT2D eigenvalue weighted by molar-refractivity contribution is 6.04. The zero-order chi connectivity index (χ0) is 27.2. The number of rotatable bonds is 4. The molecular weight excluding hydrogens is 489 g/mol. The van der Waals surface area contributed by atoms with Crippen molar-refractivity contribution in [2.45, 2.75) is 76.0 Å². The molecule has 0 unspecified atom stereocenters. The van der Waals surface area contributed by atoms with Crippen LogP contribution in [0.25, 0.3) is 0 Å². The first-order valence-electron chi connectivity index (χ1n) is 13.2. The van der Waals surface area contributed by atoms with E-state index in [1.165, 1.54) is 0 Å². The molecule has 38 heavy (non-hydrogen) atoms. The maximum absolute atomic E-state index is 14.1. The fourth-order valence-electron chi connectivity index (χ4n) is 6.88. The highest BCUT2D eigenvalue weighted by Gasteiger charge is 2.65. The van der Waals surface area contributed by atoms with Crippen LogP contribution in [0.4, 0.5) is 18.9 Å². The number of halogens is 3. The molecule has 5 rings (SSSR count). The third-order valence-electron chi connectivity index (χ3n) is 8.99. The molecule has 1 aromatic heterocycles. The monoisotopic (exact) mass is 522 g/mol. The first-order valence-corrected chi connectivity index (χ1v) is 13.2. The number of pyridine rings is 1. The van der Waals surface area contributed by atoms with Crippen LogP contribution in [0.1, 0.15) is 71.8 Å². The highest BCUT2D eigenvalue weighted by atomic mass is 19.4. The van der Waals surface area contributed by atoms with Crippen LogP contribution in [0.15, 0.2) is 66.9 Å². The molecule has 0 spiro atoms. The van der Waals surface area contributed by atoms with Gasteiger partial charge in [-0.15, -0.1) is 0 Å². The molecule has 0 aliphatic heterocycles. The van der Waals surface area contributed by atoms with Gasteiger partial charge < -0.3 is 10.4 Å². The molecule has 4 nitrogen and oxygen atoms in total. The lowest BCUT2D eigenvalue weighted by Gasteiger charge is -2.57. The third-order valence-corrected chi connectivity index (χ3v) is 8.99. The summed E-state index contributed by atoms with van der Waals surface area (Å²) >= 11 is 0. The number of hydrogen-bond acceptors (Lipinski definition) is 3. The molecule has 3 atom stereocenters. The summed E-state index contributed by atoms with van der Waals surface area (Å²) in [5.74, 6) is -0.247. The molecule has 1 amide bonds. The number of alkyl halides is 3. The molecule has 7 heteroatoms.